The Morgan fingerprint density at radius 3 is 2.07 bits per heavy atom. The second-order valence-corrected chi connectivity index (χ2v) is 2.86. The average Bonchev–Trinajstić information content (AvgIpc) is 2.20. The van der Waals surface area contributed by atoms with Crippen LogP contribution in [0.3, 0.4) is 0 Å². The first-order chi connectivity index (χ1) is 6.72. The van der Waals surface area contributed by atoms with Gasteiger partial charge in [0, 0.05) is 20.1 Å². The summed E-state index contributed by atoms with van der Waals surface area (Å²) in [7, 11) is 1.75. The van der Waals surface area contributed by atoms with E-state index in [1.54, 1.807) is 21.0 Å². The predicted octanol–water partition coefficient (Wildman–Crippen LogP) is 2.78. The van der Waals surface area contributed by atoms with Crippen molar-refractivity contribution in [3.8, 4) is 0 Å². The molecule has 0 saturated carbocycles. The fourth-order valence-corrected chi connectivity index (χ4v) is 0.759. The van der Waals surface area contributed by atoms with Gasteiger partial charge in [-0.05, 0) is 13.3 Å². The largest absolute Gasteiger partial charge is 0.466 e. The molecule has 3 heteroatoms. The molecule has 0 rings (SSSR count). The van der Waals surface area contributed by atoms with Crippen molar-refractivity contribution in [1.29, 1.82) is 0 Å². The maximum Gasteiger partial charge on any atom is 0.305 e. The molecule has 0 aliphatic carbocycles. The Hall–Kier alpha value is -0.570. The summed E-state index contributed by atoms with van der Waals surface area (Å²) >= 11 is 0. The molecule has 86 valence electrons. The van der Waals surface area contributed by atoms with Crippen molar-refractivity contribution in [2.24, 2.45) is 0 Å². The highest BCUT2D eigenvalue weighted by Crippen LogP contribution is 1.91. The number of unbranched alkanes of at least 4 members (excludes halogenated alkanes) is 2. The molecule has 0 aromatic carbocycles. The summed E-state index contributed by atoms with van der Waals surface area (Å²) in [5, 5.41) is 0. The molecule has 0 saturated heterocycles. The maximum atomic E-state index is 10.2. The molecule has 0 aromatic heterocycles. The minimum absolute atomic E-state index is 0.123. The number of hydrogen-bond acceptors (Lipinski definition) is 3. The quantitative estimate of drug-likeness (QED) is 0.493. The van der Waals surface area contributed by atoms with Crippen molar-refractivity contribution in [3.05, 3.63) is 0 Å². The highest BCUT2D eigenvalue weighted by Gasteiger charge is 1.91. The van der Waals surface area contributed by atoms with E-state index in [0.29, 0.717) is 13.0 Å². The zero-order valence-corrected chi connectivity index (χ0v) is 9.97. The highest BCUT2D eigenvalue weighted by molar-refractivity contribution is 5.68. The number of esters is 1. The van der Waals surface area contributed by atoms with Crippen LogP contribution in [0.5, 0.6) is 0 Å². The monoisotopic (exact) mass is 204 g/mol. The summed E-state index contributed by atoms with van der Waals surface area (Å²) in [5.41, 5.74) is 0. The molecule has 0 atom stereocenters. The Morgan fingerprint density at radius 1 is 1.14 bits per heavy atom. The van der Waals surface area contributed by atoms with Crippen molar-refractivity contribution in [2.45, 2.75) is 46.5 Å². The summed E-state index contributed by atoms with van der Waals surface area (Å²) in [4.78, 5) is 10.2. The molecule has 0 aliphatic heterocycles. The first-order valence-corrected chi connectivity index (χ1v) is 5.37. The molecule has 3 nitrogen and oxygen atoms in total. The Kier molecular flexibility index (Phi) is 16.9. The molecule has 0 fully saturated rings. The molecular formula is C11H24O3. The van der Waals surface area contributed by atoms with Crippen molar-refractivity contribution in [3.63, 3.8) is 0 Å². The molecular weight excluding hydrogens is 180 g/mol. The van der Waals surface area contributed by atoms with Crippen LogP contribution in [-0.4, -0.2) is 26.3 Å². The van der Waals surface area contributed by atoms with E-state index in [9.17, 15) is 4.79 Å². The van der Waals surface area contributed by atoms with E-state index in [1.165, 1.54) is 19.3 Å². The van der Waals surface area contributed by atoms with Crippen molar-refractivity contribution >= 4 is 5.97 Å². The lowest BCUT2D eigenvalue weighted by Crippen LogP contribution is -2.00. The molecule has 14 heavy (non-hydrogen) atoms. The molecule has 0 N–H and O–H groups in total. The van der Waals surface area contributed by atoms with Crippen LogP contribution in [0.4, 0.5) is 0 Å². The lowest BCUT2D eigenvalue weighted by Gasteiger charge is -1.93. The molecule has 0 heterocycles. The number of hydrogen-bond donors (Lipinski definition) is 0. The molecule has 0 aromatic rings. The number of rotatable bonds is 6. The summed E-state index contributed by atoms with van der Waals surface area (Å²) in [6.45, 7) is 7.18. The van der Waals surface area contributed by atoms with Gasteiger partial charge >= 0.3 is 5.97 Å². The van der Waals surface area contributed by atoms with Crippen LogP contribution in [0.25, 0.3) is 0 Å². The summed E-state index contributed by atoms with van der Waals surface area (Å²) in [5.74, 6) is -0.123. The number of carbonyl (C=O) groups excluding carboxylic acids is 1. The smallest absolute Gasteiger partial charge is 0.305 e. The van der Waals surface area contributed by atoms with E-state index < -0.39 is 0 Å². The average molecular weight is 204 g/mol. The lowest BCUT2D eigenvalue weighted by molar-refractivity contribution is -0.142. The van der Waals surface area contributed by atoms with Gasteiger partial charge in [-0.1, -0.05) is 26.7 Å². The topological polar surface area (TPSA) is 35.5 Å². The van der Waals surface area contributed by atoms with E-state index in [0.717, 1.165) is 6.61 Å². The van der Waals surface area contributed by atoms with Crippen molar-refractivity contribution in [1.82, 2.24) is 0 Å². The number of carbonyl (C=O) groups is 1. The summed E-state index contributed by atoms with van der Waals surface area (Å²) < 4.78 is 9.40. The van der Waals surface area contributed by atoms with Gasteiger partial charge in [0.25, 0.3) is 0 Å². The molecule has 0 spiro atoms. The molecule has 0 unspecified atom stereocenters. The van der Waals surface area contributed by atoms with E-state index in [4.69, 9.17) is 4.74 Å². The van der Waals surface area contributed by atoms with Gasteiger partial charge in [0.2, 0.25) is 0 Å². The van der Waals surface area contributed by atoms with E-state index in [-0.39, 0.29) is 5.97 Å². The van der Waals surface area contributed by atoms with Crippen molar-refractivity contribution < 1.29 is 14.3 Å². The Labute approximate surface area is 87.8 Å². The standard InChI is InChI=1S/C6H14O.C5H10O2/c1-3-4-5-6-7-2;1-3-5(6)7-4-2/h3-6H2,1-2H3;3-4H2,1-2H3. The van der Waals surface area contributed by atoms with Gasteiger partial charge in [-0.3, -0.25) is 4.79 Å². The Morgan fingerprint density at radius 2 is 1.79 bits per heavy atom. The van der Waals surface area contributed by atoms with Gasteiger partial charge in [-0.2, -0.15) is 0 Å². The second kappa shape index (κ2) is 14.9. The van der Waals surface area contributed by atoms with E-state index in [2.05, 4.69) is 11.7 Å². The zero-order valence-electron chi connectivity index (χ0n) is 9.97. The fraction of sp³-hybridized carbons (Fsp3) is 0.909. The van der Waals surface area contributed by atoms with Gasteiger partial charge in [0.1, 0.15) is 0 Å². The van der Waals surface area contributed by atoms with Crippen LogP contribution in [0.1, 0.15) is 46.5 Å². The normalized spacial score (nSPS) is 8.86. The highest BCUT2D eigenvalue weighted by atomic mass is 16.5. The van der Waals surface area contributed by atoms with Crippen LogP contribution < -0.4 is 0 Å². The minimum Gasteiger partial charge on any atom is -0.466 e. The third-order valence-electron chi connectivity index (χ3n) is 1.55. The van der Waals surface area contributed by atoms with Gasteiger partial charge < -0.3 is 9.47 Å². The van der Waals surface area contributed by atoms with E-state index >= 15 is 0 Å². The van der Waals surface area contributed by atoms with Crippen LogP contribution in [-0.2, 0) is 14.3 Å². The number of ether oxygens (including phenoxy) is 2. The molecule has 0 bridgehead atoms. The van der Waals surface area contributed by atoms with Gasteiger partial charge in [-0.25, -0.2) is 0 Å². The maximum absolute atomic E-state index is 10.2. The minimum atomic E-state index is -0.123. The SMILES string of the molecule is CCCCCOC.CCOC(=O)CC. The molecule has 0 radical (unpaired) electrons. The predicted molar refractivity (Wildman–Crippen MR) is 58.3 cm³/mol. The van der Waals surface area contributed by atoms with Crippen LogP contribution in [0.2, 0.25) is 0 Å². The lowest BCUT2D eigenvalue weighted by atomic mass is 10.3. The molecule has 0 amide bonds. The van der Waals surface area contributed by atoms with Crippen molar-refractivity contribution in [2.75, 3.05) is 20.3 Å². The first kappa shape index (κ1) is 15.9. The molecule has 0 aliphatic rings. The fourth-order valence-electron chi connectivity index (χ4n) is 0.759. The summed E-state index contributed by atoms with van der Waals surface area (Å²) in [6.07, 6.45) is 4.28. The van der Waals surface area contributed by atoms with Gasteiger partial charge in [0.15, 0.2) is 0 Å². The Bertz CT molecular complexity index is 109. The van der Waals surface area contributed by atoms with Crippen LogP contribution in [0, 0.1) is 0 Å². The zero-order chi connectivity index (χ0) is 11.2. The van der Waals surface area contributed by atoms with E-state index in [1.807, 2.05) is 0 Å². The van der Waals surface area contributed by atoms with Crippen LogP contribution >= 0.6 is 0 Å². The summed E-state index contributed by atoms with van der Waals surface area (Å²) in [6, 6.07) is 0. The third kappa shape index (κ3) is 17.5. The Balaban J connectivity index is 0. The second-order valence-electron chi connectivity index (χ2n) is 2.86. The van der Waals surface area contributed by atoms with Crippen LogP contribution in [0.15, 0.2) is 0 Å². The number of methoxy groups -OCH3 is 1. The third-order valence-corrected chi connectivity index (χ3v) is 1.55. The van der Waals surface area contributed by atoms with Gasteiger partial charge in [-0.15, -0.1) is 0 Å². The first-order valence-electron chi connectivity index (χ1n) is 5.37. The van der Waals surface area contributed by atoms with Gasteiger partial charge in [0.05, 0.1) is 6.61 Å².